The molecule has 0 radical (unpaired) electrons. The van der Waals surface area contributed by atoms with Gasteiger partial charge in [0.25, 0.3) is 5.91 Å². The number of aromatic nitrogens is 4. The molecule has 0 aliphatic carbocycles. The van der Waals surface area contributed by atoms with Crippen LogP contribution in [0, 0.1) is 0 Å². The first kappa shape index (κ1) is 25.3. The Bertz CT molecular complexity index is 1520. The van der Waals surface area contributed by atoms with E-state index in [0.717, 1.165) is 66.7 Å². The second kappa shape index (κ2) is 10.1. The Balaban J connectivity index is 1.00. The van der Waals surface area contributed by atoms with Gasteiger partial charge in [0, 0.05) is 50.8 Å². The van der Waals surface area contributed by atoms with Crippen molar-refractivity contribution in [2.75, 3.05) is 32.8 Å². The lowest BCUT2D eigenvalue weighted by Gasteiger charge is -2.51. The van der Waals surface area contributed by atoms with Gasteiger partial charge in [0.05, 0.1) is 58.9 Å². The van der Waals surface area contributed by atoms with Crippen LogP contribution in [0.25, 0.3) is 15.3 Å². The van der Waals surface area contributed by atoms with Gasteiger partial charge in [-0.3, -0.25) is 14.5 Å². The summed E-state index contributed by atoms with van der Waals surface area (Å²) >= 11 is 1.47. The molecule has 1 atom stereocenters. The molecule has 0 bridgehead atoms. The topological polar surface area (TPSA) is 127 Å². The molecule has 2 fully saturated rings. The zero-order valence-corrected chi connectivity index (χ0v) is 23.1. The van der Waals surface area contributed by atoms with Crippen LogP contribution in [0.5, 0.6) is 5.88 Å². The van der Waals surface area contributed by atoms with Crippen LogP contribution < -0.4 is 20.7 Å². The maximum Gasteiger partial charge on any atom is 0.260 e. The van der Waals surface area contributed by atoms with Gasteiger partial charge in [0.15, 0.2) is 0 Å². The lowest BCUT2D eigenvalue weighted by molar-refractivity contribution is -0.168. The van der Waals surface area contributed by atoms with Crippen LogP contribution in [0.4, 0.5) is 0 Å². The third kappa shape index (κ3) is 4.67. The third-order valence-corrected chi connectivity index (χ3v) is 9.03. The molecular weight excluding hydrogens is 532 g/mol. The molecule has 2 saturated heterocycles. The largest absolute Gasteiger partial charge is 0.477 e. The van der Waals surface area contributed by atoms with Crippen molar-refractivity contribution in [3.63, 3.8) is 0 Å². The number of amides is 2. The van der Waals surface area contributed by atoms with E-state index >= 15 is 0 Å². The average Bonchev–Trinajstić information content (AvgIpc) is 3.64. The highest BCUT2D eigenvalue weighted by Gasteiger charge is 2.45. The van der Waals surface area contributed by atoms with Crippen molar-refractivity contribution < 1.29 is 19.1 Å². The van der Waals surface area contributed by atoms with Crippen LogP contribution in [0.2, 0.25) is 0 Å². The van der Waals surface area contributed by atoms with Crippen LogP contribution in [0.3, 0.4) is 0 Å². The number of nitrogens with one attached hydrogen (secondary N) is 3. The highest BCUT2D eigenvalue weighted by atomic mass is 32.1. The highest BCUT2D eigenvalue weighted by Crippen LogP contribution is 2.37. The third-order valence-electron chi connectivity index (χ3n) is 7.88. The maximum atomic E-state index is 13.3. The van der Waals surface area contributed by atoms with Gasteiger partial charge < -0.3 is 25.4 Å². The van der Waals surface area contributed by atoms with Gasteiger partial charge in [-0.2, -0.15) is 10.2 Å². The smallest absolute Gasteiger partial charge is 0.260 e. The van der Waals surface area contributed by atoms with E-state index in [4.69, 9.17) is 9.47 Å². The van der Waals surface area contributed by atoms with Gasteiger partial charge in [0.1, 0.15) is 4.83 Å². The fourth-order valence-corrected chi connectivity index (χ4v) is 6.86. The number of carbonyl (C=O) groups excluding carboxylic acids is 2. The molecule has 3 N–H and O–H groups in total. The number of hydrogen-bond donors (Lipinski definition) is 3. The average molecular weight is 565 g/mol. The minimum Gasteiger partial charge on any atom is -0.477 e. The van der Waals surface area contributed by atoms with Gasteiger partial charge >= 0.3 is 0 Å². The number of likely N-dealkylation sites (tertiary alicyclic amines) is 1. The Kier molecular flexibility index (Phi) is 6.36. The van der Waals surface area contributed by atoms with Crippen molar-refractivity contribution in [1.29, 1.82) is 0 Å². The molecule has 40 heavy (non-hydrogen) atoms. The predicted octanol–water partition coefficient (Wildman–Crippen LogP) is 1.86. The molecule has 12 nitrogen and oxygen atoms in total. The number of rotatable bonds is 6. The molecule has 0 saturated carbocycles. The summed E-state index contributed by atoms with van der Waals surface area (Å²) in [7, 11) is 0. The summed E-state index contributed by atoms with van der Waals surface area (Å²) in [5.41, 5.74) is 2.59. The zero-order valence-electron chi connectivity index (χ0n) is 22.3. The van der Waals surface area contributed by atoms with Crippen LogP contribution in [-0.2, 0) is 16.1 Å². The fourth-order valence-electron chi connectivity index (χ4n) is 5.80. The van der Waals surface area contributed by atoms with Gasteiger partial charge in [-0.15, -0.1) is 11.3 Å². The van der Waals surface area contributed by atoms with Gasteiger partial charge in [0.2, 0.25) is 11.8 Å². The normalized spacial score (nSPS) is 22.0. The minimum absolute atomic E-state index is 0.0497. The second-order valence-corrected chi connectivity index (χ2v) is 11.9. The molecule has 210 valence electrons. The number of hydrogen-bond acceptors (Lipinski definition) is 9. The Labute approximate surface area is 235 Å². The molecule has 3 aromatic rings. The van der Waals surface area contributed by atoms with Crippen LogP contribution in [-0.4, -0.2) is 80.6 Å². The summed E-state index contributed by atoms with van der Waals surface area (Å²) in [5, 5.41) is 18.0. The Morgan fingerprint density at radius 2 is 2.08 bits per heavy atom. The molecule has 2 amide bonds. The first-order valence-corrected chi connectivity index (χ1v) is 14.6. The predicted molar refractivity (Wildman–Crippen MR) is 148 cm³/mol. The lowest BCUT2D eigenvalue weighted by Crippen LogP contribution is -2.65. The number of allylic oxidation sites excluding steroid dienone is 1. The van der Waals surface area contributed by atoms with Gasteiger partial charge in [-0.25, -0.2) is 9.20 Å². The Morgan fingerprint density at radius 3 is 2.92 bits per heavy atom. The number of carbonyl (C=O) groups is 2. The van der Waals surface area contributed by atoms with E-state index < -0.39 is 0 Å². The lowest BCUT2D eigenvalue weighted by atomic mass is 9.86. The summed E-state index contributed by atoms with van der Waals surface area (Å²) in [4.78, 5) is 29.8. The summed E-state index contributed by atoms with van der Waals surface area (Å²) in [6.07, 6.45) is 13.2. The monoisotopic (exact) mass is 564 g/mol. The number of aryl methyl sites for hydroxylation is 1. The molecular formula is C27H32N8O4S. The fraction of sp³-hybridized carbons (Fsp3) is 0.481. The quantitative estimate of drug-likeness (QED) is 0.414. The molecule has 7 rings (SSSR count). The molecule has 3 aromatic heterocycles. The van der Waals surface area contributed by atoms with E-state index in [1.54, 1.807) is 29.2 Å². The van der Waals surface area contributed by atoms with Crippen molar-refractivity contribution in [2.24, 2.45) is 0 Å². The molecule has 13 heteroatoms. The van der Waals surface area contributed by atoms with E-state index in [1.807, 2.05) is 17.8 Å². The van der Waals surface area contributed by atoms with Crippen molar-refractivity contribution in [3.8, 4) is 16.3 Å². The molecule has 0 aromatic carbocycles. The number of dihydropyridines is 1. The van der Waals surface area contributed by atoms with Crippen molar-refractivity contribution >= 4 is 28.0 Å². The number of fused-ring (bicyclic) bond motifs is 2. The van der Waals surface area contributed by atoms with Crippen LogP contribution >= 0.6 is 11.3 Å². The zero-order chi connectivity index (χ0) is 27.3. The molecule has 4 aliphatic heterocycles. The number of nitrogens with zero attached hydrogens (tertiary/aromatic N) is 5. The summed E-state index contributed by atoms with van der Waals surface area (Å²) in [6.45, 7) is 6.18. The Morgan fingerprint density at radius 1 is 1.18 bits per heavy atom. The first-order valence-electron chi connectivity index (χ1n) is 13.8. The van der Waals surface area contributed by atoms with Crippen LogP contribution in [0.1, 0.15) is 43.0 Å². The van der Waals surface area contributed by atoms with Crippen molar-refractivity contribution in [1.82, 2.24) is 40.2 Å². The van der Waals surface area contributed by atoms with Gasteiger partial charge in [-0.1, -0.05) is 0 Å². The number of ether oxygens (including phenoxy) is 2. The minimum atomic E-state index is -0.262. The molecule has 4 aliphatic rings. The molecule has 7 heterocycles. The second-order valence-electron chi connectivity index (χ2n) is 10.9. The van der Waals surface area contributed by atoms with Crippen LogP contribution in [0.15, 0.2) is 42.3 Å². The molecule has 1 unspecified atom stereocenters. The first-order chi connectivity index (χ1) is 19.5. The van der Waals surface area contributed by atoms with E-state index in [-0.39, 0.29) is 23.5 Å². The SMILES string of the molecule is CC1NC=C(NC(=O)CN2CC3(CCCCO3)C2)C=C1NC(=O)c1cnn2cc(-c3cnn4c3OCCC4)sc12. The summed E-state index contributed by atoms with van der Waals surface area (Å²) in [5.74, 6) is 0.403. The summed E-state index contributed by atoms with van der Waals surface area (Å²) < 4.78 is 15.4. The standard InChI is InChI=1S/C27H32N8O4S/c1-17-21(9-18(10-28-17)31-23(36)14-33-15-27(16-33)5-2-3-8-39-27)32-24(37)20-12-30-35-13-22(40-26(20)35)19-11-29-34-6-4-7-38-25(19)34/h9-13,17,28H,2-8,14-16H2,1H3,(H,31,36)(H,32,37). The molecule has 1 spiro atoms. The highest BCUT2D eigenvalue weighted by molar-refractivity contribution is 7.21. The van der Waals surface area contributed by atoms with Crippen molar-refractivity contribution in [3.05, 3.63) is 47.8 Å². The number of thiazole rings is 1. The Hall–Kier alpha value is -3.68. The van der Waals surface area contributed by atoms with E-state index in [9.17, 15) is 9.59 Å². The van der Waals surface area contributed by atoms with E-state index in [0.29, 0.717) is 30.1 Å². The maximum absolute atomic E-state index is 13.3. The summed E-state index contributed by atoms with van der Waals surface area (Å²) in [6, 6.07) is -0.135. The van der Waals surface area contributed by atoms with Crippen molar-refractivity contribution in [2.45, 2.75) is 50.8 Å². The van der Waals surface area contributed by atoms with Gasteiger partial charge in [-0.05, 0) is 32.3 Å². The van der Waals surface area contributed by atoms with E-state index in [2.05, 4.69) is 31.0 Å². The van der Waals surface area contributed by atoms with E-state index in [1.165, 1.54) is 17.8 Å².